The Hall–Kier alpha value is -1.52. The van der Waals surface area contributed by atoms with Gasteiger partial charge in [0.1, 0.15) is 6.26 Å². The van der Waals surface area contributed by atoms with E-state index in [1.165, 1.54) is 12.7 Å². The maximum Gasteiger partial charge on any atom is 0.360 e. The molecule has 100 valence electrons. The third-order valence-corrected chi connectivity index (χ3v) is 3.32. The standard InChI is InChI=1S/C13H20N2O3/c1-3-10-7-5-6-8-15(10)13-14-11(9-18-13)12(16)17-4-2/h9-10H,3-8H2,1-2H3. The van der Waals surface area contributed by atoms with E-state index in [2.05, 4.69) is 16.8 Å². The van der Waals surface area contributed by atoms with E-state index in [1.807, 2.05) is 0 Å². The van der Waals surface area contributed by atoms with Gasteiger partial charge >= 0.3 is 5.97 Å². The van der Waals surface area contributed by atoms with Crippen molar-refractivity contribution in [2.75, 3.05) is 18.1 Å². The SMILES string of the molecule is CCOC(=O)c1coc(N2CCCCC2CC)n1. The van der Waals surface area contributed by atoms with E-state index in [1.54, 1.807) is 6.92 Å². The van der Waals surface area contributed by atoms with Crippen molar-refractivity contribution in [3.8, 4) is 0 Å². The zero-order chi connectivity index (χ0) is 13.0. The minimum Gasteiger partial charge on any atom is -0.461 e. The highest BCUT2D eigenvalue weighted by molar-refractivity contribution is 5.87. The van der Waals surface area contributed by atoms with Gasteiger partial charge in [0.25, 0.3) is 6.01 Å². The molecule has 5 heteroatoms. The zero-order valence-electron chi connectivity index (χ0n) is 11.0. The Balaban J connectivity index is 2.10. The first-order chi connectivity index (χ1) is 8.76. The summed E-state index contributed by atoms with van der Waals surface area (Å²) in [5.74, 6) is -0.419. The molecular weight excluding hydrogens is 232 g/mol. The monoisotopic (exact) mass is 252 g/mol. The van der Waals surface area contributed by atoms with Crippen LogP contribution in [0, 0.1) is 0 Å². The topological polar surface area (TPSA) is 55.6 Å². The number of esters is 1. The number of ether oxygens (including phenoxy) is 1. The number of rotatable bonds is 4. The molecule has 1 saturated heterocycles. The highest BCUT2D eigenvalue weighted by atomic mass is 16.5. The van der Waals surface area contributed by atoms with Gasteiger partial charge in [0.15, 0.2) is 5.69 Å². The van der Waals surface area contributed by atoms with E-state index >= 15 is 0 Å². The molecule has 0 saturated carbocycles. The Bertz CT molecular complexity index is 403. The van der Waals surface area contributed by atoms with Gasteiger partial charge < -0.3 is 14.1 Å². The van der Waals surface area contributed by atoms with Crippen LogP contribution in [0.5, 0.6) is 0 Å². The molecule has 18 heavy (non-hydrogen) atoms. The van der Waals surface area contributed by atoms with E-state index in [4.69, 9.17) is 9.15 Å². The van der Waals surface area contributed by atoms with E-state index in [0.29, 0.717) is 18.7 Å². The van der Waals surface area contributed by atoms with Crippen molar-refractivity contribution < 1.29 is 13.9 Å². The molecule has 0 aliphatic carbocycles. The third kappa shape index (κ3) is 2.66. The number of oxazole rings is 1. The Morgan fingerprint density at radius 3 is 3.11 bits per heavy atom. The maximum absolute atomic E-state index is 11.5. The summed E-state index contributed by atoms with van der Waals surface area (Å²) in [6.45, 7) is 5.23. The van der Waals surface area contributed by atoms with Crippen LogP contribution in [0.3, 0.4) is 0 Å². The lowest BCUT2D eigenvalue weighted by atomic mass is 10.0. The van der Waals surface area contributed by atoms with Crippen molar-refractivity contribution >= 4 is 12.0 Å². The molecule has 0 aromatic carbocycles. The molecule has 1 aliphatic heterocycles. The molecule has 0 spiro atoms. The number of hydrogen-bond acceptors (Lipinski definition) is 5. The van der Waals surface area contributed by atoms with Crippen LogP contribution in [-0.2, 0) is 4.74 Å². The first-order valence-electron chi connectivity index (χ1n) is 6.65. The fourth-order valence-corrected chi connectivity index (χ4v) is 2.37. The van der Waals surface area contributed by atoms with E-state index < -0.39 is 5.97 Å². The van der Waals surface area contributed by atoms with Gasteiger partial charge in [0, 0.05) is 12.6 Å². The minimum atomic E-state index is -0.419. The number of carbonyl (C=O) groups excluding carboxylic acids is 1. The Morgan fingerprint density at radius 1 is 1.56 bits per heavy atom. The Labute approximate surface area is 107 Å². The fraction of sp³-hybridized carbons (Fsp3) is 0.692. The number of nitrogens with zero attached hydrogens (tertiary/aromatic N) is 2. The number of anilines is 1. The van der Waals surface area contributed by atoms with E-state index in [-0.39, 0.29) is 5.69 Å². The highest BCUT2D eigenvalue weighted by Gasteiger charge is 2.25. The summed E-state index contributed by atoms with van der Waals surface area (Å²) in [6, 6.07) is 1.01. The van der Waals surface area contributed by atoms with Crippen LogP contribution in [0.25, 0.3) is 0 Å². The lowest BCUT2D eigenvalue weighted by Crippen LogP contribution is -2.39. The third-order valence-electron chi connectivity index (χ3n) is 3.32. The molecule has 1 aromatic heterocycles. The molecule has 0 amide bonds. The van der Waals surface area contributed by atoms with Gasteiger partial charge in [-0.1, -0.05) is 6.92 Å². The molecule has 0 radical (unpaired) electrons. The molecule has 1 aliphatic rings. The van der Waals surface area contributed by atoms with Crippen molar-refractivity contribution in [3.63, 3.8) is 0 Å². The average Bonchev–Trinajstić information content (AvgIpc) is 2.88. The maximum atomic E-state index is 11.5. The number of carbonyl (C=O) groups is 1. The minimum absolute atomic E-state index is 0.257. The van der Waals surface area contributed by atoms with Gasteiger partial charge in [-0.15, -0.1) is 0 Å². The van der Waals surface area contributed by atoms with Crippen molar-refractivity contribution in [1.29, 1.82) is 0 Å². The predicted molar refractivity (Wildman–Crippen MR) is 67.7 cm³/mol. The second-order valence-electron chi connectivity index (χ2n) is 4.49. The summed E-state index contributed by atoms with van der Waals surface area (Å²) < 4.78 is 10.3. The van der Waals surface area contributed by atoms with Crippen LogP contribution in [0.4, 0.5) is 6.01 Å². The summed E-state index contributed by atoms with van der Waals surface area (Å²) in [7, 11) is 0. The molecule has 1 atom stereocenters. The number of piperidine rings is 1. The molecule has 5 nitrogen and oxygen atoms in total. The number of aromatic nitrogens is 1. The van der Waals surface area contributed by atoms with Crippen LogP contribution in [0.15, 0.2) is 10.7 Å². The summed E-state index contributed by atoms with van der Waals surface area (Å²) in [4.78, 5) is 17.9. The van der Waals surface area contributed by atoms with E-state index in [9.17, 15) is 4.79 Å². The van der Waals surface area contributed by atoms with Gasteiger partial charge in [-0.3, -0.25) is 0 Å². The van der Waals surface area contributed by atoms with Crippen LogP contribution < -0.4 is 4.90 Å². The molecular formula is C13H20N2O3. The molecule has 1 fully saturated rings. The smallest absolute Gasteiger partial charge is 0.360 e. The first-order valence-corrected chi connectivity index (χ1v) is 6.65. The van der Waals surface area contributed by atoms with Gasteiger partial charge in [0.05, 0.1) is 6.61 Å². The van der Waals surface area contributed by atoms with Crippen molar-refractivity contribution in [3.05, 3.63) is 12.0 Å². The van der Waals surface area contributed by atoms with Crippen molar-refractivity contribution in [2.45, 2.75) is 45.6 Å². The Kier molecular flexibility index (Phi) is 4.23. The summed E-state index contributed by atoms with van der Waals surface area (Å²) >= 11 is 0. The highest BCUT2D eigenvalue weighted by Crippen LogP contribution is 2.25. The second-order valence-corrected chi connectivity index (χ2v) is 4.49. The summed E-state index contributed by atoms with van der Waals surface area (Å²) in [6.07, 6.45) is 6.01. The van der Waals surface area contributed by atoms with Crippen LogP contribution >= 0.6 is 0 Å². The molecule has 2 rings (SSSR count). The normalized spacial score (nSPS) is 19.9. The summed E-state index contributed by atoms with van der Waals surface area (Å²) in [5, 5.41) is 0. The largest absolute Gasteiger partial charge is 0.461 e. The van der Waals surface area contributed by atoms with Gasteiger partial charge in [-0.25, -0.2) is 4.79 Å². The molecule has 1 aromatic rings. The average molecular weight is 252 g/mol. The van der Waals surface area contributed by atoms with Crippen LogP contribution in [0.2, 0.25) is 0 Å². The van der Waals surface area contributed by atoms with Crippen molar-refractivity contribution in [2.24, 2.45) is 0 Å². The quantitative estimate of drug-likeness (QED) is 0.771. The van der Waals surface area contributed by atoms with Crippen molar-refractivity contribution in [1.82, 2.24) is 4.98 Å². The van der Waals surface area contributed by atoms with Crippen LogP contribution in [0.1, 0.15) is 50.0 Å². The van der Waals surface area contributed by atoms with Crippen LogP contribution in [-0.4, -0.2) is 30.1 Å². The first kappa shape index (κ1) is 12.9. The molecule has 2 heterocycles. The second kappa shape index (κ2) is 5.89. The Morgan fingerprint density at radius 2 is 2.39 bits per heavy atom. The van der Waals surface area contributed by atoms with Gasteiger partial charge in [-0.2, -0.15) is 4.98 Å². The molecule has 0 N–H and O–H groups in total. The fourth-order valence-electron chi connectivity index (χ4n) is 2.37. The number of hydrogen-bond donors (Lipinski definition) is 0. The molecule has 1 unspecified atom stereocenters. The lowest BCUT2D eigenvalue weighted by molar-refractivity contribution is 0.0519. The summed E-state index contributed by atoms with van der Waals surface area (Å²) in [5.41, 5.74) is 0.257. The van der Waals surface area contributed by atoms with E-state index in [0.717, 1.165) is 25.8 Å². The predicted octanol–water partition coefficient (Wildman–Crippen LogP) is 2.62. The van der Waals surface area contributed by atoms with Gasteiger partial charge in [-0.05, 0) is 32.6 Å². The lowest BCUT2D eigenvalue weighted by Gasteiger charge is -2.33. The molecule has 0 bridgehead atoms. The zero-order valence-corrected chi connectivity index (χ0v) is 11.0. The van der Waals surface area contributed by atoms with Gasteiger partial charge in [0.2, 0.25) is 0 Å².